The van der Waals surface area contributed by atoms with Gasteiger partial charge >= 0.3 is 24.8 Å². The molecule has 1 heterocycles. The summed E-state index contributed by atoms with van der Waals surface area (Å²) in [6.07, 6.45) is 0. The molecule has 0 aromatic rings. The zero-order valence-corrected chi connectivity index (χ0v) is 9.38. The molecule has 1 atom stereocenters. The average Bonchev–Trinajstić information content (AvgIpc) is 2.59. The molecule has 15 heavy (non-hydrogen) atoms. The van der Waals surface area contributed by atoms with Crippen LogP contribution in [-0.2, 0) is 14.3 Å². The van der Waals surface area contributed by atoms with E-state index in [0.717, 1.165) is 0 Å². The zero-order chi connectivity index (χ0) is 10.8. The van der Waals surface area contributed by atoms with Crippen molar-refractivity contribution >= 4 is 5.97 Å². The Hall–Kier alpha value is -0.133. The first-order valence-corrected chi connectivity index (χ1v) is 4.18. The Kier molecular flexibility index (Phi) is 5.23. The third-order valence-corrected chi connectivity index (χ3v) is 2.20. The molecule has 1 aliphatic heterocycles. The van der Waals surface area contributed by atoms with Crippen LogP contribution in [0.1, 0.15) is 1.43 Å². The molecule has 84 valence electrons. The van der Waals surface area contributed by atoms with Crippen molar-refractivity contribution in [2.24, 2.45) is 0 Å². The number of aliphatic carboxylic acids is 1. The molecule has 0 spiro atoms. The van der Waals surface area contributed by atoms with Crippen LogP contribution in [-0.4, -0.2) is 50.6 Å². The van der Waals surface area contributed by atoms with Gasteiger partial charge in [0.05, 0.1) is 0 Å². The molecule has 0 aromatic heterocycles. The minimum absolute atomic E-state index is 0. The van der Waals surface area contributed by atoms with Gasteiger partial charge in [0.15, 0.2) is 0 Å². The molecular weight excluding hydrogens is 197 g/mol. The van der Waals surface area contributed by atoms with Crippen molar-refractivity contribution in [3.8, 4) is 0 Å². The molecule has 0 radical (unpaired) electrons. The van der Waals surface area contributed by atoms with E-state index in [1.165, 1.54) is 7.05 Å². The number of ether oxygens (including phenoxy) is 2. The Balaban J connectivity index is 0. The molecule has 1 fully saturated rings. The second-order valence-electron chi connectivity index (χ2n) is 2.89. The molecule has 1 rings (SSSR count). The van der Waals surface area contributed by atoms with E-state index in [1.54, 1.807) is 14.1 Å². The monoisotopic (exact) mass is 213 g/mol. The summed E-state index contributed by atoms with van der Waals surface area (Å²) in [5.41, 5.74) is -1.51. The van der Waals surface area contributed by atoms with Gasteiger partial charge in [-0.3, -0.25) is 20.7 Å². The van der Waals surface area contributed by atoms with Gasteiger partial charge in [-0.15, -0.1) is 0 Å². The minimum atomic E-state index is -1.51. The molecule has 0 aliphatic carbocycles. The fourth-order valence-electron chi connectivity index (χ4n) is 1.21. The van der Waals surface area contributed by atoms with E-state index >= 15 is 0 Å². The SMILES string of the molecule is CNC1(NC)OC[C@@](NC)(C(=O)O)O1.[H-].[Li+]. The largest absolute Gasteiger partial charge is 1.00 e. The molecule has 4 N–H and O–H groups in total. The van der Waals surface area contributed by atoms with Crippen LogP contribution < -0.4 is 34.8 Å². The van der Waals surface area contributed by atoms with E-state index in [4.69, 9.17) is 14.6 Å². The molecular formula is C7H16LiN3O4. The van der Waals surface area contributed by atoms with Crippen LogP contribution in [0.4, 0.5) is 0 Å². The van der Waals surface area contributed by atoms with Crippen LogP contribution in [0.5, 0.6) is 0 Å². The Morgan fingerprint density at radius 2 is 1.87 bits per heavy atom. The summed E-state index contributed by atoms with van der Waals surface area (Å²) in [7, 11) is 4.70. The Morgan fingerprint density at radius 1 is 1.33 bits per heavy atom. The van der Waals surface area contributed by atoms with Crippen molar-refractivity contribution in [2.75, 3.05) is 27.7 Å². The first-order valence-electron chi connectivity index (χ1n) is 4.18. The van der Waals surface area contributed by atoms with E-state index in [9.17, 15) is 4.79 Å². The van der Waals surface area contributed by atoms with Crippen LogP contribution in [0.3, 0.4) is 0 Å². The predicted octanol–water partition coefficient (Wildman–Crippen LogP) is -4.80. The summed E-state index contributed by atoms with van der Waals surface area (Å²) in [6.45, 7) is -0.0828. The topological polar surface area (TPSA) is 91.9 Å². The normalized spacial score (nSPS) is 28.5. The molecule has 0 unspecified atom stereocenters. The number of likely N-dealkylation sites (N-methyl/N-ethyl adjacent to an activating group) is 1. The molecule has 1 saturated heterocycles. The van der Waals surface area contributed by atoms with Crippen molar-refractivity contribution in [3.05, 3.63) is 0 Å². The summed E-state index contributed by atoms with van der Waals surface area (Å²) in [5, 5.41) is 17.0. The van der Waals surface area contributed by atoms with Crippen molar-refractivity contribution in [3.63, 3.8) is 0 Å². The van der Waals surface area contributed by atoms with Crippen LogP contribution in [0.2, 0.25) is 0 Å². The van der Waals surface area contributed by atoms with Crippen molar-refractivity contribution in [1.29, 1.82) is 0 Å². The van der Waals surface area contributed by atoms with Crippen LogP contribution >= 0.6 is 0 Å². The first-order chi connectivity index (χ1) is 6.54. The number of hydrogen-bond acceptors (Lipinski definition) is 6. The smallest absolute Gasteiger partial charge is 1.00 e. The number of carbonyl (C=O) groups is 1. The molecule has 0 aromatic carbocycles. The van der Waals surface area contributed by atoms with Crippen molar-refractivity contribution in [2.45, 2.75) is 11.8 Å². The minimum Gasteiger partial charge on any atom is -1.00 e. The summed E-state index contributed by atoms with van der Waals surface area (Å²) >= 11 is 0. The predicted molar refractivity (Wildman–Crippen MR) is 48.4 cm³/mol. The van der Waals surface area contributed by atoms with Gasteiger partial charge in [-0.25, -0.2) is 4.79 Å². The van der Waals surface area contributed by atoms with Crippen molar-refractivity contribution < 1.29 is 39.7 Å². The average molecular weight is 213 g/mol. The molecule has 0 saturated carbocycles. The number of rotatable bonds is 4. The molecule has 0 amide bonds. The second kappa shape index (κ2) is 5.27. The maximum Gasteiger partial charge on any atom is 1.00 e. The van der Waals surface area contributed by atoms with Gasteiger partial charge in [-0.05, 0) is 21.1 Å². The van der Waals surface area contributed by atoms with Crippen LogP contribution in [0.15, 0.2) is 0 Å². The Bertz CT molecular complexity index is 242. The number of hydrogen-bond donors (Lipinski definition) is 4. The van der Waals surface area contributed by atoms with E-state index in [2.05, 4.69) is 16.0 Å². The van der Waals surface area contributed by atoms with E-state index < -0.39 is 17.7 Å². The number of carboxylic acids is 1. The fraction of sp³-hybridized carbons (Fsp3) is 0.857. The van der Waals surface area contributed by atoms with Gasteiger partial charge in [0.25, 0.3) is 6.03 Å². The van der Waals surface area contributed by atoms with Gasteiger partial charge in [0.2, 0.25) is 5.72 Å². The molecule has 1 aliphatic rings. The fourth-order valence-corrected chi connectivity index (χ4v) is 1.21. The van der Waals surface area contributed by atoms with E-state index in [-0.39, 0.29) is 26.9 Å². The standard InChI is InChI=1S/C7H15N3O4.Li.H/c1-8-6(5(11)12)4-13-7(9-2,10-3)14-6;;/h8-10H,4H2,1-3H3,(H,11,12);;/q;+1;-1/t6-;;/m0../s1. The summed E-state index contributed by atoms with van der Waals surface area (Å²) in [5.74, 6) is -1.12. The van der Waals surface area contributed by atoms with Gasteiger partial charge < -0.3 is 11.3 Å². The van der Waals surface area contributed by atoms with Gasteiger partial charge in [0.1, 0.15) is 6.61 Å². The van der Waals surface area contributed by atoms with Gasteiger partial charge in [-0.1, -0.05) is 0 Å². The van der Waals surface area contributed by atoms with E-state index in [0.29, 0.717) is 0 Å². The summed E-state index contributed by atoms with van der Waals surface area (Å²) < 4.78 is 10.5. The first kappa shape index (κ1) is 14.9. The maximum absolute atomic E-state index is 11.0. The number of carboxylic acid groups (broad SMARTS) is 1. The van der Waals surface area contributed by atoms with Crippen molar-refractivity contribution in [1.82, 2.24) is 16.0 Å². The molecule has 0 bridgehead atoms. The summed E-state index contributed by atoms with van der Waals surface area (Å²) in [6, 6.07) is -1.25. The van der Waals surface area contributed by atoms with Crippen LogP contribution in [0.25, 0.3) is 0 Å². The van der Waals surface area contributed by atoms with Crippen LogP contribution in [0, 0.1) is 0 Å². The Morgan fingerprint density at radius 3 is 2.07 bits per heavy atom. The number of nitrogens with one attached hydrogen (secondary N) is 3. The second-order valence-corrected chi connectivity index (χ2v) is 2.89. The molecule has 8 heteroatoms. The van der Waals surface area contributed by atoms with Gasteiger partial charge in [-0.2, -0.15) is 0 Å². The Labute approximate surface area is 102 Å². The maximum atomic E-state index is 11.0. The molecule has 7 nitrogen and oxygen atoms in total. The third-order valence-electron chi connectivity index (χ3n) is 2.20. The zero-order valence-electron chi connectivity index (χ0n) is 10.4. The van der Waals surface area contributed by atoms with Gasteiger partial charge in [0, 0.05) is 0 Å². The van der Waals surface area contributed by atoms with E-state index in [1.807, 2.05) is 0 Å². The quantitative estimate of drug-likeness (QED) is 0.275. The summed E-state index contributed by atoms with van der Waals surface area (Å²) in [4.78, 5) is 11.0. The third kappa shape index (κ3) is 2.51.